The van der Waals surface area contributed by atoms with Gasteiger partial charge in [0.2, 0.25) is 5.91 Å². The van der Waals surface area contributed by atoms with E-state index in [1.807, 2.05) is 0 Å². The zero-order valence-corrected chi connectivity index (χ0v) is 10.2. The molecule has 0 aliphatic rings. The second-order valence-corrected chi connectivity index (χ2v) is 5.15. The molecule has 1 aromatic carbocycles. The summed E-state index contributed by atoms with van der Waals surface area (Å²) >= 11 is 5.76. The van der Waals surface area contributed by atoms with Crippen molar-refractivity contribution in [1.29, 1.82) is 0 Å². The lowest BCUT2D eigenvalue weighted by Crippen LogP contribution is -2.23. The zero-order valence-electron chi connectivity index (χ0n) is 8.61. The molecular formula is C10H13ClN2O2S. The highest BCUT2D eigenvalue weighted by molar-refractivity contribution is 7.85. The molecule has 0 aliphatic carbocycles. The van der Waals surface area contributed by atoms with Gasteiger partial charge in [0.05, 0.1) is 0 Å². The van der Waals surface area contributed by atoms with E-state index in [1.165, 1.54) is 0 Å². The van der Waals surface area contributed by atoms with E-state index in [0.717, 1.165) is 0 Å². The molecule has 1 amide bonds. The monoisotopic (exact) mass is 260 g/mol. The second-order valence-electron chi connectivity index (χ2n) is 3.14. The Hall–Kier alpha value is -0.910. The summed E-state index contributed by atoms with van der Waals surface area (Å²) in [4.78, 5) is 11.4. The van der Waals surface area contributed by atoms with Crippen molar-refractivity contribution in [3.8, 4) is 0 Å². The Labute approximate surface area is 102 Å². The van der Waals surface area contributed by atoms with Crippen LogP contribution in [0.15, 0.2) is 24.3 Å². The van der Waals surface area contributed by atoms with Gasteiger partial charge in [0.1, 0.15) is 5.75 Å². The smallest absolute Gasteiger partial charge is 0.236 e. The highest BCUT2D eigenvalue weighted by Gasteiger charge is 2.07. The topological polar surface area (TPSA) is 72.2 Å². The lowest BCUT2D eigenvalue weighted by molar-refractivity contribution is -0.113. The summed E-state index contributed by atoms with van der Waals surface area (Å²) in [7, 11) is -1.20. The fraction of sp³-hybridized carbons (Fsp3) is 0.300. The average molecular weight is 261 g/mol. The summed E-state index contributed by atoms with van der Waals surface area (Å²) in [5.41, 5.74) is 5.83. The molecule has 0 spiro atoms. The minimum atomic E-state index is -1.20. The predicted molar refractivity (Wildman–Crippen MR) is 67.0 cm³/mol. The number of anilines is 1. The highest BCUT2D eigenvalue weighted by Crippen LogP contribution is 2.14. The summed E-state index contributed by atoms with van der Waals surface area (Å²) in [6.07, 6.45) is 0. The van der Waals surface area contributed by atoms with Crippen LogP contribution in [-0.2, 0) is 15.6 Å². The van der Waals surface area contributed by atoms with Crippen LogP contribution in [0.1, 0.15) is 0 Å². The normalized spacial score (nSPS) is 12.1. The number of nitrogens with two attached hydrogens (primary N) is 1. The molecule has 0 heterocycles. The molecule has 1 rings (SSSR count). The molecule has 0 saturated heterocycles. The van der Waals surface area contributed by atoms with Crippen molar-refractivity contribution in [2.45, 2.75) is 0 Å². The maximum Gasteiger partial charge on any atom is 0.236 e. The SMILES string of the molecule is NCCS(=O)CC(=O)Nc1cccc(Cl)c1. The van der Waals surface area contributed by atoms with Crippen molar-refractivity contribution < 1.29 is 9.00 Å². The average Bonchev–Trinajstić information content (AvgIpc) is 2.17. The molecule has 0 aromatic heterocycles. The predicted octanol–water partition coefficient (Wildman–Crippen LogP) is 0.986. The Morgan fingerprint density at radius 1 is 1.50 bits per heavy atom. The molecule has 1 atom stereocenters. The molecule has 0 saturated carbocycles. The number of halogens is 1. The molecule has 16 heavy (non-hydrogen) atoms. The first-order valence-electron chi connectivity index (χ1n) is 4.72. The summed E-state index contributed by atoms with van der Waals surface area (Å²) < 4.78 is 11.3. The van der Waals surface area contributed by atoms with Crippen molar-refractivity contribution in [3.05, 3.63) is 29.3 Å². The van der Waals surface area contributed by atoms with Crippen molar-refractivity contribution in [3.63, 3.8) is 0 Å². The van der Waals surface area contributed by atoms with Crippen LogP contribution in [0.25, 0.3) is 0 Å². The Kier molecular flexibility index (Phi) is 5.45. The fourth-order valence-electron chi connectivity index (χ4n) is 1.11. The van der Waals surface area contributed by atoms with Gasteiger partial charge in [0.15, 0.2) is 0 Å². The van der Waals surface area contributed by atoms with Gasteiger partial charge in [-0.15, -0.1) is 0 Å². The highest BCUT2D eigenvalue weighted by atomic mass is 35.5. The number of carbonyl (C=O) groups is 1. The number of amides is 1. The molecular weight excluding hydrogens is 248 g/mol. The molecule has 3 N–H and O–H groups in total. The van der Waals surface area contributed by atoms with Gasteiger partial charge in [0.25, 0.3) is 0 Å². The van der Waals surface area contributed by atoms with Gasteiger partial charge < -0.3 is 11.1 Å². The number of rotatable bonds is 5. The van der Waals surface area contributed by atoms with Gasteiger partial charge >= 0.3 is 0 Å². The first kappa shape index (κ1) is 13.2. The molecule has 1 aromatic rings. The van der Waals surface area contributed by atoms with Crippen molar-refractivity contribution >= 4 is 34.0 Å². The van der Waals surface area contributed by atoms with Crippen LogP contribution in [0.4, 0.5) is 5.69 Å². The van der Waals surface area contributed by atoms with Gasteiger partial charge in [-0.3, -0.25) is 9.00 Å². The van der Waals surface area contributed by atoms with Crippen LogP contribution in [0, 0.1) is 0 Å². The Bertz CT molecular complexity index is 398. The Balaban J connectivity index is 2.48. The summed E-state index contributed by atoms with van der Waals surface area (Å²) in [5, 5.41) is 3.16. The largest absolute Gasteiger partial charge is 0.330 e. The first-order valence-corrected chi connectivity index (χ1v) is 6.59. The maximum absolute atomic E-state index is 11.4. The van der Waals surface area contributed by atoms with Crippen LogP contribution in [0.3, 0.4) is 0 Å². The number of nitrogens with one attached hydrogen (secondary N) is 1. The van der Waals surface area contributed by atoms with E-state index in [9.17, 15) is 9.00 Å². The lowest BCUT2D eigenvalue weighted by atomic mass is 10.3. The van der Waals surface area contributed by atoms with E-state index in [1.54, 1.807) is 24.3 Å². The Morgan fingerprint density at radius 3 is 2.88 bits per heavy atom. The number of benzene rings is 1. The van der Waals surface area contributed by atoms with Gasteiger partial charge in [-0.05, 0) is 18.2 Å². The van der Waals surface area contributed by atoms with Crippen LogP contribution in [0.5, 0.6) is 0 Å². The third kappa shape index (κ3) is 4.74. The van der Waals surface area contributed by atoms with Gasteiger partial charge in [-0.25, -0.2) is 0 Å². The standard InChI is InChI=1S/C10H13ClN2O2S/c11-8-2-1-3-9(6-8)13-10(14)7-16(15)5-4-12/h1-3,6H,4-5,7,12H2,(H,13,14). The minimum Gasteiger partial charge on any atom is -0.330 e. The fourth-order valence-corrected chi connectivity index (χ4v) is 2.08. The Morgan fingerprint density at radius 2 is 2.25 bits per heavy atom. The number of carbonyl (C=O) groups excluding carboxylic acids is 1. The number of hydrogen-bond acceptors (Lipinski definition) is 3. The molecule has 0 aliphatic heterocycles. The molecule has 88 valence electrons. The number of hydrogen-bond donors (Lipinski definition) is 2. The van der Waals surface area contributed by atoms with Crippen LogP contribution in [0.2, 0.25) is 5.02 Å². The third-order valence-corrected chi connectivity index (χ3v) is 3.26. The molecule has 0 fully saturated rings. The third-order valence-electron chi connectivity index (χ3n) is 1.75. The van der Waals surface area contributed by atoms with E-state index in [0.29, 0.717) is 23.0 Å². The zero-order chi connectivity index (χ0) is 12.0. The molecule has 1 unspecified atom stereocenters. The minimum absolute atomic E-state index is 0.0380. The summed E-state index contributed by atoms with van der Waals surface area (Å²) in [6, 6.07) is 6.79. The van der Waals surface area contributed by atoms with Crippen LogP contribution >= 0.6 is 11.6 Å². The molecule has 6 heteroatoms. The van der Waals surface area contributed by atoms with Gasteiger partial charge in [-0.2, -0.15) is 0 Å². The van der Waals surface area contributed by atoms with Gasteiger partial charge in [0, 0.05) is 33.8 Å². The first-order chi connectivity index (χ1) is 7.61. The van der Waals surface area contributed by atoms with E-state index in [2.05, 4.69) is 5.32 Å². The molecule has 4 nitrogen and oxygen atoms in total. The van der Waals surface area contributed by atoms with Crippen molar-refractivity contribution in [2.75, 3.05) is 23.4 Å². The molecule has 0 radical (unpaired) electrons. The van der Waals surface area contributed by atoms with Crippen molar-refractivity contribution in [1.82, 2.24) is 0 Å². The quantitative estimate of drug-likeness (QED) is 0.829. The van der Waals surface area contributed by atoms with E-state index in [-0.39, 0.29) is 11.7 Å². The maximum atomic E-state index is 11.4. The van der Waals surface area contributed by atoms with Crippen molar-refractivity contribution in [2.24, 2.45) is 5.73 Å². The van der Waals surface area contributed by atoms with E-state index >= 15 is 0 Å². The summed E-state index contributed by atoms with van der Waals surface area (Å²) in [5.74, 6) is 0.00112. The second kappa shape index (κ2) is 6.62. The van der Waals surface area contributed by atoms with E-state index < -0.39 is 10.8 Å². The van der Waals surface area contributed by atoms with E-state index in [4.69, 9.17) is 17.3 Å². The molecule has 0 bridgehead atoms. The van der Waals surface area contributed by atoms with Crippen LogP contribution in [-0.4, -0.2) is 28.2 Å². The summed E-state index contributed by atoms with van der Waals surface area (Å²) in [6.45, 7) is 0.317. The van der Waals surface area contributed by atoms with Crippen LogP contribution < -0.4 is 11.1 Å². The lowest BCUT2D eigenvalue weighted by Gasteiger charge is -2.04. The van der Waals surface area contributed by atoms with Gasteiger partial charge in [-0.1, -0.05) is 17.7 Å².